The van der Waals surface area contributed by atoms with E-state index in [0.29, 0.717) is 36.5 Å². The molecule has 24 heavy (non-hydrogen) atoms. The summed E-state index contributed by atoms with van der Waals surface area (Å²) in [5.74, 6) is 0.0806. The van der Waals surface area contributed by atoms with E-state index in [-0.39, 0.29) is 17.7 Å². The molecule has 0 saturated carbocycles. The summed E-state index contributed by atoms with van der Waals surface area (Å²) in [5.41, 5.74) is 1.40. The first kappa shape index (κ1) is 16.5. The zero-order chi connectivity index (χ0) is 16.9. The standard InChI is InChI=1S/C18H18ClN3O2/c19-15-3-1-13(2-4-15)17(23)14-7-11-22(12-8-14)18(24)21-16-5-9-20-10-6-16/h1-6,9-10,14H,7-8,11-12H2,(H,20,21,24). The van der Waals surface area contributed by atoms with Gasteiger partial charge in [-0.3, -0.25) is 9.78 Å². The fraction of sp³-hybridized carbons (Fsp3) is 0.278. The Kier molecular flexibility index (Phi) is 5.11. The summed E-state index contributed by atoms with van der Waals surface area (Å²) in [4.78, 5) is 30.4. The van der Waals surface area contributed by atoms with Crippen LogP contribution in [0.4, 0.5) is 10.5 Å². The summed E-state index contributed by atoms with van der Waals surface area (Å²) < 4.78 is 0. The Morgan fingerprint density at radius 3 is 2.29 bits per heavy atom. The van der Waals surface area contributed by atoms with Gasteiger partial charge in [-0.15, -0.1) is 0 Å². The van der Waals surface area contributed by atoms with Gasteiger partial charge >= 0.3 is 6.03 Å². The molecule has 124 valence electrons. The average molecular weight is 344 g/mol. The zero-order valence-corrected chi connectivity index (χ0v) is 13.9. The first-order valence-electron chi connectivity index (χ1n) is 7.89. The molecule has 0 unspecified atom stereocenters. The van der Waals surface area contributed by atoms with Gasteiger partial charge in [0.25, 0.3) is 0 Å². The van der Waals surface area contributed by atoms with Crippen LogP contribution in [-0.2, 0) is 0 Å². The highest BCUT2D eigenvalue weighted by Gasteiger charge is 2.27. The highest BCUT2D eigenvalue weighted by atomic mass is 35.5. The third-order valence-corrected chi connectivity index (χ3v) is 4.47. The number of nitrogens with zero attached hydrogens (tertiary/aromatic N) is 2. The molecule has 2 heterocycles. The number of urea groups is 1. The fourth-order valence-corrected chi connectivity index (χ4v) is 2.96. The molecule has 0 atom stereocenters. The number of ketones is 1. The highest BCUT2D eigenvalue weighted by molar-refractivity contribution is 6.30. The summed E-state index contributed by atoms with van der Waals surface area (Å²) in [6, 6.07) is 10.3. The number of pyridine rings is 1. The number of benzene rings is 1. The summed E-state index contributed by atoms with van der Waals surface area (Å²) in [6.07, 6.45) is 4.61. The monoisotopic (exact) mass is 343 g/mol. The maximum atomic E-state index is 12.5. The lowest BCUT2D eigenvalue weighted by Gasteiger charge is -2.31. The number of amides is 2. The maximum absolute atomic E-state index is 12.5. The molecule has 2 aromatic rings. The quantitative estimate of drug-likeness (QED) is 0.861. The number of hydrogen-bond donors (Lipinski definition) is 1. The van der Waals surface area contributed by atoms with E-state index in [9.17, 15) is 9.59 Å². The molecule has 1 aromatic carbocycles. The Morgan fingerprint density at radius 2 is 1.67 bits per heavy atom. The van der Waals surface area contributed by atoms with Gasteiger partial charge in [-0.1, -0.05) is 11.6 Å². The predicted octanol–water partition coefficient (Wildman–Crippen LogP) is 3.86. The maximum Gasteiger partial charge on any atom is 0.321 e. The number of aromatic nitrogens is 1. The van der Waals surface area contributed by atoms with Crippen molar-refractivity contribution in [2.24, 2.45) is 5.92 Å². The van der Waals surface area contributed by atoms with Gasteiger partial charge in [-0.25, -0.2) is 4.79 Å². The van der Waals surface area contributed by atoms with Gasteiger partial charge in [0.15, 0.2) is 5.78 Å². The normalized spacial score (nSPS) is 15.1. The molecule has 1 saturated heterocycles. The lowest BCUT2D eigenvalue weighted by Crippen LogP contribution is -2.42. The van der Waals surface area contributed by atoms with Gasteiger partial charge in [0.1, 0.15) is 0 Å². The summed E-state index contributed by atoms with van der Waals surface area (Å²) in [6.45, 7) is 1.14. The van der Waals surface area contributed by atoms with Gasteiger partial charge in [0.2, 0.25) is 0 Å². The molecule has 5 nitrogen and oxygen atoms in total. The molecule has 0 radical (unpaired) electrons. The van der Waals surface area contributed by atoms with Crippen LogP contribution in [0, 0.1) is 5.92 Å². The minimum absolute atomic E-state index is 0.0452. The van der Waals surface area contributed by atoms with Gasteiger partial charge in [-0.2, -0.15) is 0 Å². The van der Waals surface area contributed by atoms with Crippen LogP contribution in [0.25, 0.3) is 0 Å². The summed E-state index contributed by atoms with van der Waals surface area (Å²) in [5, 5.41) is 3.46. The van der Waals surface area contributed by atoms with E-state index in [4.69, 9.17) is 11.6 Å². The second kappa shape index (κ2) is 7.45. The molecule has 6 heteroatoms. The Balaban J connectivity index is 1.54. The molecule has 2 amide bonds. The second-order valence-corrected chi connectivity index (χ2v) is 6.23. The van der Waals surface area contributed by atoms with Crippen molar-refractivity contribution < 1.29 is 9.59 Å². The number of anilines is 1. The number of nitrogens with one attached hydrogen (secondary N) is 1. The molecule has 0 spiro atoms. The Bertz CT molecular complexity index is 711. The van der Waals surface area contributed by atoms with Gasteiger partial charge in [-0.05, 0) is 49.2 Å². The average Bonchev–Trinajstić information content (AvgIpc) is 2.63. The van der Waals surface area contributed by atoms with Crippen molar-refractivity contribution in [2.75, 3.05) is 18.4 Å². The van der Waals surface area contributed by atoms with E-state index < -0.39 is 0 Å². The number of hydrogen-bond acceptors (Lipinski definition) is 3. The first-order valence-corrected chi connectivity index (χ1v) is 8.27. The number of piperidine rings is 1. The topological polar surface area (TPSA) is 62.3 Å². The second-order valence-electron chi connectivity index (χ2n) is 5.80. The number of Topliss-reactive ketones (excluding diaryl/α,β-unsaturated/α-hetero) is 1. The molecule has 1 aromatic heterocycles. The lowest BCUT2D eigenvalue weighted by atomic mass is 9.89. The molecule has 1 aliphatic heterocycles. The van der Waals surface area contributed by atoms with Crippen LogP contribution in [0.2, 0.25) is 5.02 Å². The third-order valence-electron chi connectivity index (χ3n) is 4.21. The molecule has 1 aliphatic rings. The smallest absolute Gasteiger partial charge is 0.321 e. The number of halogens is 1. The fourth-order valence-electron chi connectivity index (χ4n) is 2.83. The van der Waals surface area contributed by atoms with Crippen LogP contribution in [0.15, 0.2) is 48.8 Å². The van der Waals surface area contributed by atoms with Crippen LogP contribution in [0.5, 0.6) is 0 Å². The van der Waals surface area contributed by atoms with E-state index in [2.05, 4.69) is 10.3 Å². The van der Waals surface area contributed by atoms with Crippen LogP contribution in [0.1, 0.15) is 23.2 Å². The van der Waals surface area contributed by atoms with Gasteiger partial charge < -0.3 is 10.2 Å². The molecular formula is C18H18ClN3O2. The predicted molar refractivity (Wildman–Crippen MR) is 93.3 cm³/mol. The summed E-state index contributed by atoms with van der Waals surface area (Å²) >= 11 is 5.86. The number of carbonyl (C=O) groups excluding carboxylic acids is 2. The van der Waals surface area contributed by atoms with E-state index in [0.717, 1.165) is 5.69 Å². The van der Waals surface area contributed by atoms with Crippen molar-refractivity contribution in [3.8, 4) is 0 Å². The van der Waals surface area contributed by atoms with Crippen LogP contribution in [0.3, 0.4) is 0 Å². The molecule has 3 rings (SSSR count). The SMILES string of the molecule is O=C(c1ccc(Cl)cc1)C1CCN(C(=O)Nc2ccncc2)CC1. The van der Waals surface area contributed by atoms with E-state index in [1.165, 1.54) is 0 Å². The minimum Gasteiger partial charge on any atom is -0.324 e. The minimum atomic E-state index is -0.140. The third kappa shape index (κ3) is 3.92. The largest absolute Gasteiger partial charge is 0.324 e. The van der Waals surface area contributed by atoms with E-state index in [1.54, 1.807) is 53.7 Å². The Morgan fingerprint density at radius 1 is 1.04 bits per heavy atom. The molecule has 0 aliphatic carbocycles. The van der Waals surface area contributed by atoms with Crippen LogP contribution in [-0.4, -0.2) is 34.8 Å². The highest BCUT2D eigenvalue weighted by Crippen LogP contribution is 2.23. The number of rotatable bonds is 3. The van der Waals surface area contributed by atoms with E-state index >= 15 is 0 Å². The Hall–Kier alpha value is -2.40. The molecule has 0 bridgehead atoms. The van der Waals surface area contributed by atoms with Crippen molar-refractivity contribution in [1.82, 2.24) is 9.88 Å². The van der Waals surface area contributed by atoms with Crippen LogP contribution >= 0.6 is 11.6 Å². The van der Waals surface area contributed by atoms with Crippen molar-refractivity contribution in [3.63, 3.8) is 0 Å². The van der Waals surface area contributed by atoms with E-state index in [1.807, 2.05) is 0 Å². The summed E-state index contributed by atoms with van der Waals surface area (Å²) in [7, 11) is 0. The number of carbonyl (C=O) groups is 2. The van der Waals surface area contributed by atoms with Gasteiger partial charge in [0, 0.05) is 47.7 Å². The lowest BCUT2D eigenvalue weighted by molar-refractivity contribution is 0.0859. The molecule has 1 fully saturated rings. The van der Waals surface area contributed by atoms with Gasteiger partial charge in [0.05, 0.1) is 0 Å². The van der Waals surface area contributed by atoms with Crippen molar-refractivity contribution in [2.45, 2.75) is 12.8 Å². The van der Waals surface area contributed by atoms with Crippen molar-refractivity contribution in [3.05, 3.63) is 59.4 Å². The Labute approximate surface area is 145 Å². The van der Waals surface area contributed by atoms with Crippen molar-refractivity contribution >= 4 is 29.1 Å². The number of likely N-dealkylation sites (tertiary alicyclic amines) is 1. The molecule has 1 N–H and O–H groups in total. The van der Waals surface area contributed by atoms with Crippen molar-refractivity contribution in [1.29, 1.82) is 0 Å². The molecular weight excluding hydrogens is 326 g/mol. The zero-order valence-electron chi connectivity index (χ0n) is 13.1. The van der Waals surface area contributed by atoms with Crippen LogP contribution < -0.4 is 5.32 Å². The first-order chi connectivity index (χ1) is 11.6.